The van der Waals surface area contributed by atoms with Crippen molar-refractivity contribution >= 4 is 18.0 Å². The van der Waals surface area contributed by atoms with Crippen LogP contribution in [-0.4, -0.2) is 58.9 Å². The van der Waals surface area contributed by atoms with E-state index in [-0.39, 0.29) is 25.5 Å². The number of amides is 2. The molecular weight excluding hydrogens is 465 g/mol. The minimum atomic E-state index is -5.13. The summed E-state index contributed by atoms with van der Waals surface area (Å²) < 4.78 is 47.4. The molecule has 7 nitrogen and oxygen atoms in total. The number of likely N-dealkylation sites (tertiary alicyclic amines) is 1. The van der Waals surface area contributed by atoms with Gasteiger partial charge in [-0.3, -0.25) is 14.9 Å². The minimum Gasteiger partial charge on any atom is -0.481 e. The van der Waals surface area contributed by atoms with Gasteiger partial charge in [0.2, 0.25) is 5.54 Å². The van der Waals surface area contributed by atoms with Crippen molar-refractivity contribution in [2.45, 2.75) is 49.9 Å². The van der Waals surface area contributed by atoms with Gasteiger partial charge in [-0.2, -0.15) is 13.2 Å². The second kappa shape index (κ2) is 9.24. The largest absolute Gasteiger partial charge is 0.481 e. The Hall–Kier alpha value is -3.56. The van der Waals surface area contributed by atoms with Gasteiger partial charge in [-0.05, 0) is 42.0 Å². The van der Waals surface area contributed by atoms with Gasteiger partial charge in [-0.25, -0.2) is 4.79 Å². The van der Waals surface area contributed by atoms with Gasteiger partial charge in [0.15, 0.2) is 0 Å². The number of fused-ring (bicyclic) bond motifs is 3. The van der Waals surface area contributed by atoms with Crippen molar-refractivity contribution < 1.29 is 37.4 Å². The van der Waals surface area contributed by atoms with Gasteiger partial charge in [0.05, 0.1) is 6.42 Å². The predicted octanol–water partition coefficient (Wildman–Crippen LogP) is 4.31. The van der Waals surface area contributed by atoms with Crippen molar-refractivity contribution in [2.75, 3.05) is 13.2 Å². The van der Waals surface area contributed by atoms with E-state index in [9.17, 15) is 27.6 Å². The lowest BCUT2D eigenvalue weighted by Crippen LogP contribution is -2.66. The molecule has 2 N–H and O–H groups in total. The lowest BCUT2D eigenvalue weighted by molar-refractivity contribution is -0.200. The molecule has 1 fully saturated rings. The molecule has 4 rings (SSSR count). The molecule has 0 radical (unpaired) electrons. The highest BCUT2D eigenvalue weighted by Crippen LogP contribution is 2.44. The van der Waals surface area contributed by atoms with Crippen LogP contribution in [0.4, 0.5) is 18.0 Å². The van der Waals surface area contributed by atoms with Crippen molar-refractivity contribution in [2.24, 2.45) is 0 Å². The number of nitrogens with one attached hydrogen (secondary N) is 1. The lowest BCUT2D eigenvalue weighted by Gasteiger charge is -2.36. The van der Waals surface area contributed by atoms with Gasteiger partial charge in [-0.15, -0.1) is 0 Å². The fourth-order valence-corrected chi connectivity index (χ4v) is 4.89. The van der Waals surface area contributed by atoms with Crippen molar-refractivity contribution in [1.82, 2.24) is 10.2 Å². The number of carboxylic acids is 1. The Bertz CT molecular complexity index is 1110. The summed E-state index contributed by atoms with van der Waals surface area (Å²) in [5, 5.41) is 10.8. The van der Waals surface area contributed by atoms with Crippen LogP contribution in [0.3, 0.4) is 0 Å². The molecule has 1 heterocycles. The number of carboxylic acid groups (broad SMARTS) is 1. The van der Waals surface area contributed by atoms with E-state index >= 15 is 0 Å². The maximum atomic E-state index is 14.1. The molecule has 0 saturated carbocycles. The van der Waals surface area contributed by atoms with Crippen LogP contribution in [0.1, 0.15) is 43.2 Å². The maximum absolute atomic E-state index is 14.1. The summed E-state index contributed by atoms with van der Waals surface area (Å²) >= 11 is 0. The first kappa shape index (κ1) is 24.6. The summed E-state index contributed by atoms with van der Waals surface area (Å²) in [5.74, 6) is -2.98. The minimum absolute atomic E-state index is 0.0190. The first-order valence-electron chi connectivity index (χ1n) is 11.3. The number of carbonyl (C=O) groups is 3. The molecule has 1 aliphatic carbocycles. The fraction of sp³-hybridized carbons (Fsp3) is 0.400. The number of hydrogen-bond acceptors (Lipinski definition) is 4. The molecule has 35 heavy (non-hydrogen) atoms. The van der Waals surface area contributed by atoms with E-state index < -0.39 is 42.1 Å². The lowest BCUT2D eigenvalue weighted by atomic mass is 9.98. The average Bonchev–Trinajstić information content (AvgIpc) is 3.38. The molecule has 2 amide bonds. The number of alkyl carbamates (subject to hydrolysis) is 1. The monoisotopic (exact) mass is 490 g/mol. The number of halogens is 3. The number of alkyl halides is 3. The van der Waals surface area contributed by atoms with E-state index in [2.05, 4.69) is 0 Å². The molecule has 1 unspecified atom stereocenters. The van der Waals surface area contributed by atoms with Crippen molar-refractivity contribution in [1.29, 1.82) is 0 Å². The number of rotatable bonds is 6. The second-order valence-corrected chi connectivity index (χ2v) is 8.97. The molecule has 2 aromatic rings. The van der Waals surface area contributed by atoms with E-state index in [1.165, 1.54) is 0 Å². The van der Waals surface area contributed by atoms with Crippen LogP contribution in [0.2, 0.25) is 0 Å². The Balaban J connectivity index is 1.50. The van der Waals surface area contributed by atoms with Gasteiger partial charge in [0.1, 0.15) is 6.61 Å². The first-order chi connectivity index (χ1) is 16.5. The van der Waals surface area contributed by atoms with Crippen LogP contribution in [0, 0.1) is 0 Å². The van der Waals surface area contributed by atoms with Gasteiger partial charge in [-0.1, -0.05) is 48.5 Å². The molecule has 2 atom stereocenters. The van der Waals surface area contributed by atoms with Crippen molar-refractivity contribution in [3.8, 4) is 11.1 Å². The normalized spacial score (nSPS) is 19.0. The highest BCUT2D eigenvalue weighted by Gasteiger charge is 2.60. The smallest absolute Gasteiger partial charge is 0.420 e. The van der Waals surface area contributed by atoms with Crippen LogP contribution >= 0.6 is 0 Å². The molecule has 10 heteroatoms. The number of carbonyl (C=O) groups excluding carboxylic acids is 2. The average molecular weight is 490 g/mol. The van der Waals surface area contributed by atoms with Crippen molar-refractivity contribution in [3.05, 3.63) is 59.7 Å². The molecule has 0 aromatic heterocycles. The van der Waals surface area contributed by atoms with Crippen molar-refractivity contribution in [3.63, 3.8) is 0 Å². The Morgan fingerprint density at radius 1 is 1.06 bits per heavy atom. The van der Waals surface area contributed by atoms with E-state index in [1.807, 2.05) is 48.5 Å². The van der Waals surface area contributed by atoms with Crippen LogP contribution in [-0.2, 0) is 14.3 Å². The van der Waals surface area contributed by atoms with Gasteiger partial charge < -0.3 is 14.7 Å². The standard InChI is InChI=1S/C25H25F3N2O5/c1-24(25(26,27)28,22(33)30-12-6-7-15(30)13-21(31)32)29-23(34)35-14-20-18-10-4-2-8-16(18)17-9-3-5-11-19(17)20/h2-5,8-11,15,20H,6-7,12-14H2,1H3,(H,29,34)(H,31,32)/t15-,24?/m0/s1. The first-order valence-corrected chi connectivity index (χ1v) is 11.3. The number of hydrogen-bond donors (Lipinski definition) is 2. The number of benzene rings is 2. The summed E-state index contributed by atoms with van der Waals surface area (Å²) in [6.45, 7) is 0.342. The van der Waals surface area contributed by atoms with E-state index in [4.69, 9.17) is 9.84 Å². The van der Waals surface area contributed by atoms with Crippen LogP contribution in [0.25, 0.3) is 11.1 Å². The van der Waals surface area contributed by atoms with Gasteiger partial charge >= 0.3 is 18.2 Å². The Kier molecular flexibility index (Phi) is 6.48. The van der Waals surface area contributed by atoms with E-state index in [0.29, 0.717) is 13.3 Å². The molecule has 2 aliphatic rings. The third kappa shape index (κ3) is 4.56. The Morgan fingerprint density at radius 2 is 1.63 bits per heavy atom. The molecule has 2 aromatic carbocycles. The highest BCUT2D eigenvalue weighted by molar-refractivity contribution is 5.91. The van der Waals surface area contributed by atoms with E-state index in [0.717, 1.165) is 27.2 Å². The number of nitrogens with zero attached hydrogens (tertiary/aromatic N) is 1. The number of aliphatic carboxylic acids is 1. The molecule has 1 aliphatic heterocycles. The van der Waals surface area contributed by atoms with Crippen LogP contribution in [0.15, 0.2) is 48.5 Å². The molecular formula is C25H25F3N2O5. The SMILES string of the molecule is CC(NC(=O)OCC1c2ccccc2-c2ccccc21)(C(=O)N1CCC[C@H]1CC(=O)O)C(F)(F)F. The summed E-state index contributed by atoms with van der Waals surface area (Å²) in [6, 6.07) is 14.2. The van der Waals surface area contributed by atoms with Crippen LogP contribution in [0.5, 0.6) is 0 Å². The Labute approximate surface area is 199 Å². The summed E-state index contributed by atoms with van der Waals surface area (Å²) in [6.07, 6.45) is -6.33. The highest BCUT2D eigenvalue weighted by atomic mass is 19.4. The van der Waals surface area contributed by atoms with Crippen LogP contribution < -0.4 is 5.32 Å². The molecule has 186 valence electrons. The zero-order valence-corrected chi connectivity index (χ0v) is 19.0. The third-order valence-corrected chi connectivity index (χ3v) is 6.74. The third-order valence-electron chi connectivity index (χ3n) is 6.74. The summed E-state index contributed by atoms with van der Waals surface area (Å²) in [4.78, 5) is 37.5. The number of ether oxygens (including phenoxy) is 1. The fourth-order valence-electron chi connectivity index (χ4n) is 4.89. The van der Waals surface area contributed by atoms with E-state index in [1.54, 1.807) is 5.32 Å². The topological polar surface area (TPSA) is 95.9 Å². The zero-order valence-electron chi connectivity index (χ0n) is 19.0. The molecule has 0 spiro atoms. The zero-order chi connectivity index (χ0) is 25.4. The van der Waals surface area contributed by atoms with Gasteiger partial charge in [0.25, 0.3) is 5.91 Å². The maximum Gasteiger partial charge on any atom is 0.420 e. The molecule has 1 saturated heterocycles. The predicted molar refractivity (Wildman–Crippen MR) is 120 cm³/mol. The Morgan fingerprint density at radius 3 is 2.17 bits per heavy atom. The quantitative estimate of drug-likeness (QED) is 0.629. The molecule has 0 bridgehead atoms. The van der Waals surface area contributed by atoms with Gasteiger partial charge in [0, 0.05) is 18.5 Å². The summed E-state index contributed by atoms with van der Waals surface area (Å²) in [5.41, 5.74) is 0.447. The summed E-state index contributed by atoms with van der Waals surface area (Å²) in [7, 11) is 0. The second-order valence-electron chi connectivity index (χ2n) is 8.97.